The maximum Gasteiger partial charge on any atom is 0.165 e. The fourth-order valence-corrected chi connectivity index (χ4v) is 4.02. The van der Waals surface area contributed by atoms with Crippen LogP contribution in [-0.4, -0.2) is 31.2 Å². The summed E-state index contributed by atoms with van der Waals surface area (Å²) in [4.78, 5) is 12.6. The molecule has 3 atom stereocenters. The van der Waals surface area contributed by atoms with Crippen LogP contribution in [0.1, 0.15) is 31.7 Å². The molecule has 0 radical (unpaired) electrons. The van der Waals surface area contributed by atoms with Gasteiger partial charge in [-0.25, -0.2) is 15.0 Å². The molecule has 100 valence electrons. The molecule has 0 aliphatic heterocycles. The van der Waals surface area contributed by atoms with Crippen LogP contribution in [0.25, 0.3) is 11.2 Å². The molecular weight excluding hydrogens is 242 g/mol. The molecule has 19 heavy (non-hydrogen) atoms. The van der Waals surface area contributed by atoms with Gasteiger partial charge in [-0.05, 0) is 37.0 Å². The highest BCUT2D eigenvalue weighted by atomic mass is 16.3. The second-order valence-electron chi connectivity index (χ2n) is 6.02. The first-order valence-electron chi connectivity index (χ1n) is 6.76. The van der Waals surface area contributed by atoms with Crippen LogP contribution in [0.5, 0.6) is 0 Å². The van der Waals surface area contributed by atoms with Gasteiger partial charge < -0.3 is 15.4 Å². The molecule has 0 spiro atoms. The molecule has 4 rings (SSSR count). The number of aliphatic hydroxyl groups is 1. The van der Waals surface area contributed by atoms with Gasteiger partial charge in [-0.1, -0.05) is 0 Å². The Bertz CT molecular complexity index is 639. The summed E-state index contributed by atoms with van der Waals surface area (Å²) in [6, 6.07) is 0.389. The number of rotatable bonds is 2. The molecule has 2 saturated carbocycles. The summed E-state index contributed by atoms with van der Waals surface area (Å²) in [6.07, 6.45) is 7.79. The summed E-state index contributed by atoms with van der Waals surface area (Å²) in [7, 11) is 0. The van der Waals surface area contributed by atoms with E-state index in [2.05, 4.69) is 19.5 Å². The zero-order chi connectivity index (χ0) is 13.0. The normalized spacial score (nSPS) is 33.3. The number of nitrogen functional groups attached to an aromatic ring is 1. The van der Waals surface area contributed by atoms with E-state index in [9.17, 15) is 5.11 Å². The quantitative estimate of drug-likeness (QED) is 0.843. The topological polar surface area (TPSA) is 89.9 Å². The lowest BCUT2D eigenvalue weighted by atomic mass is 9.83. The van der Waals surface area contributed by atoms with Crippen LogP contribution in [0.2, 0.25) is 0 Å². The standard InChI is InChI=1S/C13H17N5O/c14-11-10-12(16-6-15-11)18(7-17-10)9-4-13(5-19)2-1-8(9)3-13/h6-9,19H,1-5H2,(H2,14,15,16)/t8-,9-,13-/m0/s1. The Balaban J connectivity index is 1.78. The van der Waals surface area contributed by atoms with Crippen molar-refractivity contribution >= 4 is 17.0 Å². The lowest BCUT2D eigenvalue weighted by Gasteiger charge is -2.29. The van der Waals surface area contributed by atoms with Gasteiger partial charge in [0.15, 0.2) is 11.5 Å². The molecule has 0 aromatic carbocycles. The molecule has 2 bridgehead atoms. The first-order valence-corrected chi connectivity index (χ1v) is 6.76. The van der Waals surface area contributed by atoms with Gasteiger partial charge in [0.2, 0.25) is 0 Å². The molecule has 2 heterocycles. The predicted molar refractivity (Wildman–Crippen MR) is 70.2 cm³/mol. The highest BCUT2D eigenvalue weighted by molar-refractivity contribution is 5.81. The number of hydrogen-bond acceptors (Lipinski definition) is 5. The van der Waals surface area contributed by atoms with Crippen molar-refractivity contribution in [3.8, 4) is 0 Å². The number of aromatic nitrogens is 4. The molecule has 0 amide bonds. The van der Waals surface area contributed by atoms with Crippen molar-refractivity contribution in [3.63, 3.8) is 0 Å². The zero-order valence-electron chi connectivity index (χ0n) is 10.7. The summed E-state index contributed by atoms with van der Waals surface area (Å²) >= 11 is 0. The average molecular weight is 259 g/mol. The van der Waals surface area contributed by atoms with E-state index in [1.54, 1.807) is 0 Å². The third-order valence-electron chi connectivity index (χ3n) is 5.01. The summed E-state index contributed by atoms with van der Waals surface area (Å²) < 4.78 is 2.13. The number of nitrogens with two attached hydrogens (primary N) is 1. The van der Waals surface area contributed by atoms with E-state index in [4.69, 9.17) is 5.73 Å². The maximum absolute atomic E-state index is 9.65. The molecule has 3 N–H and O–H groups in total. The van der Waals surface area contributed by atoms with Gasteiger partial charge in [0, 0.05) is 12.6 Å². The number of fused-ring (bicyclic) bond motifs is 3. The predicted octanol–water partition coefficient (Wildman–Crippen LogP) is 1.13. The van der Waals surface area contributed by atoms with Crippen molar-refractivity contribution < 1.29 is 5.11 Å². The molecule has 6 nitrogen and oxygen atoms in total. The number of aliphatic hydroxyl groups excluding tert-OH is 1. The molecule has 2 aliphatic rings. The molecule has 2 aliphatic carbocycles. The second kappa shape index (κ2) is 3.66. The van der Waals surface area contributed by atoms with E-state index in [0.29, 0.717) is 29.9 Å². The van der Waals surface area contributed by atoms with Crippen molar-refractivity contribution in [3.05, 3.63) is 12.7 Å². The van der Waals surface area contributed by atoms with Crippen LogP contribution in [0.4, 0.5) is 5.82 Å². The molecule has 2 aromatic heterocycles. The molecule has 0 unspecified atom stereocenters. The van der Waals surface area contributed by atoms with Gasteiger partial charge in [-0.2, -0.15) is 0 Å². The number of nitrogens with zero attached hydrogens (tertiary/aromatic N) is 4. The summed E-state index contributed by atoms with van der Waals surface area (Å²) in [6.45, 7) is 0.295. The highest BCUT2D eigenvalue weighted by Crippen LogP contribution is 2.58. The van der Waals surface area contributed by atoms with Crippen molar-refractivity contribution in [1.82, 2.24) is 19.5 Å². The first-order chi connectivity index (χ1) is 9.22. The summed E-state index contributed by atoms with van der Waals surface area (Å²) in [5.41, 5.74) is 7.46. The molecule has 2 aromatic rings. The van der Waals surface area contributed by atoms with Gasteiger partial charge in [-0.15, -0.1) is 0 Å². The fraction of sp³-hybridized carbons (Fsp3) is 0.615. The largest absolute Gasteiger partial charge is 0.396 e. The minimum absolute atomic E-state index is 0.129. The van der Waals surface area contributed by atoms with E-state index in [0.717, 1.165) is 24.9 Å². The van der Waals surface area contributed by atoms with E-state index >= 15 is 0 Å². The van der Waals surface area contributed by atoms with Crippen molar-refractivity contribution in [2.24, 2.45) is 11.3 Å². The minimum atomic E-state index is 0.129. The van der Waals surface area contributed by atoms with E-state index in [-0.39, 0.29) is 5.41 Å². The van der Waals surface area contributed by atoms with Gasteiger partial charge >= 0.3 is 0 Å². The minimum Gasteiger partial charge on any atom is -0.396 e. The van der Waals surface area contributed by atoms with E-state index in [1.165, 1.54) is 12.7 Å². The number of imidazole rings is 1. The Labute approximate surface area is 110 Å². The van der Waals surface area contributed by atoms with Crippen LogP contribution >= 0.6 is 0 Å². The van der Waals surface area contributed by atoms with Gasteiger partial charge in [0.25, 0.3) is 0 Å². The van der Waals surface area contributed by atoms with Crippen molar-refractivity contribution in [1.29, 1.82) is 0 Å². The molecule has 6 heteroatoms. The SMILES string of the molecule is Nc1ncnc2c1ncn2[C@H]1C[C@]2(CO)CC[C@H]1C2. The van der Waals surface area contributed by atoms with Crippen molar-refractivity contribution in [2.45, 2.75) is 31.7 Å². The van der Waals surface area contributed by atoms with Crippen LogP contribution in [-0.2, 0) is 0 Å². The van der Waals surface area contributed by atoms with Gasteiger partial charge in [0.05, 0.1) is 6.33 Å². The fourth-order valence-electron chi connectivity index (χ4n) is 4.02. The molecule has 0 saturated heterocycles. The Morgan fingerprint density at radius 1 is 1.37 bits per heavy atom. The Morgan fingerprint density at radius 3 is 3.05 bits per heavy atom. The monoisotopic (exact) mass is 259 g/mol. The molecular formula is C13H17N5O. The van der Waals surface area contributed by atoms with Gasteiger partial charge in [0.1, 0.15) is 11.8 Å². The number of hydrogen-bond donors (Lipinski definition) is 2. The van der Waals surface area contributed by atoms with E-state index < -0.39 is 0 Å². The molecule has 2 fully saturated rings. The average Bonchev–Trinajstić information content (AvgIpc) is 3.11. The maximum atomic E-state index is 9.65. The third-order valence-corrected chi connectivity index (χ3v) is 5.01. The van der Waals surface area contributed by atoms with Crippen LogP contribution in [0.3, 0.4) is 0 Å². The summed E-state index contributed by atoms with van der Waals surface area (Å²) in [5, 5.41) is 9.65. The summed E-state index contributed by atoms with van der Waals surface area (Å²) in [5.74, 6) is 1.06. The van der Waals surface area contributed by atoms with Crippen molar-refractivity contribution in [2.75, 3.05) is 12.3 Å². The van der Waals surface area contributed by atoms with Crippen LogP contribution < -0.4 is 5.73 Å². The third kappa shape index (κ3) is 1.43. The zero-order valence-corrected chi connectivity index (χ0v) is 10.7. The lowest BCUT2D eigenvalue weighted by Crippen LogP contribution is -2.23. The van der Waals surface area contributed by atoms with Crippen LogP contribution in [0, 0.1) is 11.3 Å². The smallest absolute Gasteiger partial charge is 0.165 e. The number of anilines is 1. The van der Waals surface area contributed by atoms with E-state index in [1.807, 2.05) is 6.33 Å². The second-order valence-corrected chi connectivity index (χ2v) is 6.02. The lowest BCUT2D eigenvalue weighted by molar-refractivity contribution is 0.123. The highest BCUT2D eigenvalue weighted by Gasteiger charge is 2.51. The Morgan fingerprint density at radius 2 is 2.26 bits per heavy atom. The first kappa shape index (κ1) is 11.2. The Kier molecular flexibility index (Phi) is 2.15. The van der Waals surface area contributed by atoms with Gasteiger partial charge in [-0.3, -0.25) is 0 Å². The van der Waals surface area contributed by atoms with Crippen LogP contribution in [0.15, 0.2) is 12.7 Å². The Hall–Kier alpha value is -1.69.